The summed E-state index contributed by atoms with van der Waals surface area (Å²) in [7, 11) is 1.73. The summed E-state index contributed by atoms with van der Waals surface area (Å²) in [6.07, 6.45) is 3.76. The fourth-order valence-corrected chi connectivity index (χ4v) is 2.30. The van der Waals surface area contributed by atoms with Crippen LogP contribution in [0.25, 0.3) is 10.2 Å². The van der Waals surface area contributed by atoms with Crippen LogP contribution in [0.15, 0.2) is 17.8 Å². The van der Waals surface area contributed by atoms with E-state index in [1.54, 1.807) is 24.8 Å². The van der Waals surface area contributed by atoms with Crippen molar-refractivity contribution in [2.75, 3.05) is 25.6 Å². The molecular formula is C11H15N3OS. The number of thiophene rings is 1. The minimum Gasteiger partial charge on any atom is -0.385 e. The van der Waals surface area contributed by atoms with E-state index >= 15 is 0 Å². The van der Waals surface area contributed by atoms with Gasteiger partial charge in [0.25, 0.3) is 0 Å². The first-order chi connectivity index (χ1) is 7.92. The van der Waals surface area contributed by atoms with E-state index < -0.39 is 0 Å². The first kappa shape index (κ1) is 11.3. The first-order valence-corrected chi connectivity index (χ1v) is 6.21. The molecule has 0 aliphatic heterocycles. The second-order valence-corrected chi connectivity index (χ2v) is 4.40. The molecule has 2 heterocycles. The Bertz CT molecular complexity index is 443. The van der Waals surface area contributed by atoms with Gasteiger partial charge in [0.2, 0.25) is 0 Å². The van der Waals surface area contributed by atoms with E-state index in [4.69, 9.17) is 4.74 Å². The van der Waals surface area contributed by atoms with Crippen LogP contribution < -0.4 is 5.32 Å². The largest absolute Gasteiger partial charge is 0.385 e. The molecule has 2 aromatic rings. The fourth-order valence-electron chi connectivity index (χ4n) is 1.49. The minimum atomic E-state index is 0.819. The second-order valence-electron chi connectivity index (χ2n) is 3.48. The van der Waals surface area contributed by atoms with E-state index in [0.717, 1.165) is 42.0 Å². The number of rotatable bonds is 6. The molecule has 0 atom stereocenters. The van der Waals surface area contributed by atoms with Gasteiger partial charge in [-0.25, -0.2) is 9.97 Å². The molecule has 0 unspecified atom stereocenters. The first-order valence-electron chi connectivity index (χ1n) is 5.33. The Morgan fingerprint density at radius 1 is 1.38 bits per heavy atom. The summed E-state index contributed by atoms with van der Waals surface area (Å²) in [4.78, 5) is 8.45. The van der Waals surface area contributed by atoms with Gasteiger partial charge in [0.05, 0.1) is 10.2 Å². The van der Waals surface area contributed by atoms with E-state index in [-0.39, 0.29) is 0 Å². The maximum absolute atomic E-state index is 5.00. The average molecular weight is 237 g/mol. The van der Waals surface area contributed by atoms with Crippen molar-refractivity contribution in [2.24, 2.45) is 0 Å². The van der Waals surface area contributed by atoms with Gasteiger partial charge in [-0.15, -0.1) is 11.3 Å². The predicted molar refractivity (Wildman–Crippen MR) is 67.0 cm³/mol. The molecule has 4 nitrogen and oxygen atoms in total. The van der Waals surface area contributed by atoms with E-state index in [2.05, 4.69) is 15.3 Å². The maximum Gasteiger partial charge on any atom is 0.147 e. The Labute approximate surface area is 98.7 Å². The molecule has 0 aromatic carbocycles. The molecule has 0 bridgehead atoms. The van der Waals surface area contributed by atoms with Crippen LogP contribution in [-0.4, -0.2) is 30.2 Å². The van der Waals surface area contributed by atoms with Crippen LogP contribution in [0.1, 0.15) is 12.8 Å². The van der Waals surface area contributed by atoms with Gasteiger partial charge in [0.15, 0.2) is 0 Å². The lowest BCUT2D eigenvalue weighted by atomic mass is 10.3. The summed E-state index contributed by atoms with van der Waals surface area (Å²) in [5, 5.41) is 5.37. The molecular weight excluding hydrogens is 222 g/mol. The predicted octanol–water partition coefficient (Wildman–Crippen LogP) is 2.53. The number of hydrogen-bond donors (Lipinski definition) is 1. The maximum atomic E-state index is 5.00. The van der Waals surface area contributed by atoms with Gasteiger partial charge < -0.3 is 10.1 Å². The summed E-state index contributed by atoms with van der Waals surface area (Å²) in [6.45, 7) is 1.74. The van der Waals surface area contributed by atoms with Crippen molar-refractivity contribution in [3.63, 3.8) is 0 Å². The lowest BCUT2D eigenvalue weighted by Gasteiger charge is -2.05. The minimum absolute atomic E-state index is 0.819. The molecule has 5 heteroatoms. The summed E-state index contributed by atoms with van der Waals surface area (Å²) in [5.41, 5.74) is 1.01. The van der Waals surface area contributed by atoms with Crippen molar-refractivity contribution in [2.45, 2.75) is 12.8 Å². The monoisotopic (exact) mass is 237 g/mol. The topological polar surface area (TPSA) is 47.0 Å². The number of nitrogens with one attached hydrogen (secondary N) is 1. The van der Waals surface area contributed by atoms with Crippen LogP contribution in [0.2, 0.25) is 0 Å². The van der Waals surface area contributed by atoms with Crippen LogP contribution in [0.3, 0.4) is 0 Å². The number of nitrogens with zero attached hydrogens (tertiary/aromatic N) is 2. The van der Waals surface area contributed by atoms with E-state index in [1.807, 2.05) is 11.4 Å². The molecule has 2 aromatic heterocycles. The van der Waals surface area contributed by atoms with Gasteiger partial charge >= 0.3 is 0 Å². The van der Waals surface area contributed by atoms with Gasteiger partial charge in [0.1, 0.15) is 12.1 Å². The molecule has 16 heavy (non-hydrogen) atoms. The van der Waals surface area contributed by atoms with E-state index in [0.29, 0.717) is 0 Å². The van der Waals surface area contributed by atoms with Crippen molar-refractivity contribution >= 4 is 27.4 Å². The number of ether oxygens (including phenoxy) is 1. The van der Waals surface area contributed by atoms with Crippen molar-refractivity contribution in [1.82, 2.24) is 9.97 Å². The van der Waals surface area contributed by atoms with Crippen LogP contribution in [0.4, 0.5) is 5.82 Å². The summed E-state index contributed by atoms with van der Waals surface area (Å²) in [5.74, 6) is 0.942. The summed E-state index contributed by atoms with van der Waals surface area (Å²) < 4.78 is 6.13. The van der Waals surface area contributed by atoms with Crippen LogP contribution in [0, 0.1) is 0 Å². The molecule has 0 aliphatic carbocycles. The van der Waals surface area contributed by atoms with Gasteiger partial charge in [-0.2, -0.15) is 0 Å². The third-order valence-electron chi connectivity index (χ3n) is 2.31. The summed E-state index contributed by atoms with van der Waals surface area (Å²) >= 11 is 1.67. The molecule has 86 valence electrons. The lowest BCUT2D eigenvalue weighted by molar-refractivity contribution is 0.194. The van der Waals surface area contributed by atoms with E-state index in [9.17, 15) is 0 Å². The third kappa shape index (κ3) is 2.68. The van der Waals surface area contributed by atoms with Crippen LogP contribution in [-0.2, 0) is 4.74 Å². The average Bonchev–Trinajstić information content (AvgIpc) is 2.77. The van der Waals surface area contributed by atoms with Gasteiger partial charge in [0, 0.05) is 20.3 Å². The molecule has 0 saturated carbocycles. The number of aromatic nitrogens is 2. The Kier molecular flexibility index (Phi) is 4.07. The van der Waals surface area contributed by atoms with Crippen molar-refractivity contribution < 1.29 is 4.74 Å². The Morgan fingerprint density at radius 3 is 3.19 bits per heavy atom. The molecule has 0 aliphatic rings. The standard InChI is InChI=1S/C11H15N3OS/c1-15-6-3-2-5-12-11-10-9(4-7-16-10)13-8-14-11/h4,7-8H,2-3,5-6H2,1H3,(H,12,13,14). The fraction of sp³-hybridized carbons (Fsp3) is 0.455. The number of anilines is 1. The number of fused-ring (bicyclic) bond motifs is 1. The normalized spacial score (nSPS) is 10.8. The van der Waals surface area contributed by atoms with Crippen molar-refractivity contribution in [3.8, 4) is 0 Å². The molecule has 0 spiro atoms. The number of hydrogen-bond acceptors (Lipinski definition) is 5. The highest BCUT2D eigenvalue weighted by atomic mass is 32.1. The molecule has 0 radical (unpaired) electrons. The van der Waals surface area contributed by atoms with Crippen molar-refractivity contribution in [3.05, 3.63) is 17.8 Å². The number of unbranched alkanes of at least 4 members (excludes halogenated alkanes) is 1. The molecule has 0 fully saturated rings. The Morgan fingerprint density at radius 2 is 2.31 bits per heavy atom. The quantitative estimate of drug-likeness (QED) is 0.784. The van der Waals surface area contributed by atoms with Gasteiger partial charge in [-0.3, -0.25) is 0 Å². The van der Waals surface area contributed by atoms with Gasteiger partial charge in [-0.1, -0.05) is 0 Å². The summed E-state index contributed by atoms with van der Waals surface area (Å²) in [6, 6.07) is 2.01. The zero-order valence-corrected chi connectivity index (χ0v) is 10.1. The Balaban J connectivity index is 1.91. The highest BCUT2D eigenvalue weighted by Gasteiger charge is 2.03. The smallest absolute Gasteiger partial charge is 0.147 e. The lowest BCUT2D eigenvalue weighted by Crippen LogP contribution is -2.04. The second kappa shape index (κ2) is 5.77. The number of methoxy groups -OCH3 is 1. The molecule has 1 N–H and O–H groups in total. The van der Waals surface area contributed by atoms with Gasteiger partial charge in [-0.05, 0) is 24.3 Å². The third-order valence-corrected chi connectivity index (χ3v) is 3.22. The van der Waals surface area contributed by atoms with Crippen molar-refractivity contribution in [1.29, 1.82) is 0 Å². The SMILES string of the molecule is COCCCCNc1ncnc2ccsc12. The van der Waals surface area contributed by atoms with Crippen LogP contribution >= 0.6 is 11.3 Å². The van der Waals surface area contributed by atoms with Crippen LogP contribution in [0.5, 0.6) is 0 Å². The molecule has 0 amide bonds. The van der Waals surface area contributed by atoms with E-state index in [1.165, 1.54) is 0 Å². The highest BCUT2D eigenvalue weighted by molar-refractivity contribution is 7.17. The molecule has 2 rings (SSSR count). The zero-order chi connectivity index (χ0) is 11.2. The Hall–Kier alpha value is -1.20. The zero-order valence-electron chi connectivity index (χ0n) is 9.27. The highest BCUT2D eigenvalue weighted by Crippen LogP contribution is 2.24. The molecule has 0 saturated heterocycles.